The number of ether oxygens (including phenoxy) is 1. The van der Waals surface area contributed by atoms with E-state index in [1.54, 1.807) is 13.3 Å². The Labute approximate surface area is 153 Å². The van der Waals surface area contributed by atoms with Crippen LogP contribution >= 0.6 is 0 Å². The molecule has 0 fully saturated rings. The maximum Gasteiger partial charge on any atom is 0.252 e. The number of hydrogen-bond donors (Lipinski definition) is 1. The van der Waals surface area contributed by atoms with Gasteiger partial charge in [0.1, 0.15) is 0 Å². The van der Waals surface area contributed by atoms with E-state index in [1.165, 1.54) is 5.56 Å². The Morgan fingerprint density at radius 1 is 1.23 bits per heavy atom. The molecule has 2 aromatic heterocycles. The summed E-state index contributed by atoms with van der Waals surface area (Å²) in [6.07, 6.45) is 2.62. The number of hydrogen-bond acceptors (Lipinski definition) is 4. The molecule has 0 aliphatic heterocycles. The van der Waals surface area contributed by atoms with Crippen LogP contribution in [0.1, 0.15) is 40.3 Å². The first-order valence-corrected chi connectivity index (χ1v) is 8.73. The highest BCUT2D eigenvalue weighted by molar-refractivity contribution is 6.06. The smallest absolute Gasteiger partial charge is 0.252 e. The number of aryl methyl sites for hydroxylation is 2. The fraction of sp³-hybridized carbons (Fsp3) is 0.286. The molecule has 0 radical (unpaired) electrons. The second-order valence-corrected chi connectivity index (χ2v) is 6.25. The molecule has 3 rings (SSSR count). The summed E-state index contributed by atoms with van der Waals surface area (Å²) < 4.78 is 5.28. The van der Waals surface area contributed by atoms with Crippen molar-refractivity contribution in [1.29, 1.82) is 0 Å². The predicted molar refractivity (Wildman–Crippen MR) is 102 cm³/mol. The molecule has 1 N–H and O–H groups in total. The van der Waals surface area contributed by atoms with Gasteiger partial charge in [0.05, 0.1) is 29.4 Å². The molecule has 0 bridgehead atoms. The van der Waals surface area contributed by atoms with Crippen LogP contribution < -0.4 is 5.32 Å². The average Bonchev–Trinajstić information content (AvgIpc) is 2.67. The predicted octanol–water partition coefficient (Wildman–Crippen LogP) is 3.62. The molecule has 26 heavy (non-hydrogen) atoms. The molecular weight excluding hydrogens is 326 g/mol. The van der Waals surface area contributed by atoms with Crippen LogP contribution in [0.2, 0.25) is 0 Å². The van der Waals surface area contributed by atoms with E-state index < -0.39 is 0 Å². The van der Waals surface area contributed by atoms with Gasteiger partial charge in [0.2, 0.25) is 0 Å². The van der Waals surface area contributed by atoms with Crippen molar-refractivity contribution in [2.24, 2.45) is 0 Å². The number of carbonyl (C=O) groups excluding carboxylic acids is 1. The Kier molecular flexibility index (Phi) is 5.58. The number of nitrogens with one attached hydrogen (secondary N) is 1. The van der Waals surface area contributed by atoms with Gasteiger partial charge in [-0.3, -0.25) is 14.8 Å². The highest BCUT2D eigenvalue weighted by Crippen LogP contribution is 2.22. The topological polar surface area (TPSA) is 64.1 Å². The maximum atomic E-state index is 13.0. The lowest BCUT2D eigenvalue weighted by Crippen LogP contribution is -2.32. The van der Waals surface area contributed by atoms with Crippen LogP contribution in [0.3, 0.4) is 0 Å². The second kappa shape index (κ2) is 8.06. The van der Waals surface area contributed by atoms with Crippen LogP contribution in [-0.2, 0) is 11.2 Å². The number of pyridine rings is 2. The fourth-order valence-electron chi connectivity index (χ4n) is 3.00. The van der Waals surface area contributed by atoms with E-state index in [0.717, 1.165) is 28.7 Å². The van der Waals surface area contributed by atoms with Crippen LogP contribution in [-0.4, -0.2) is 29.6 Å². The van der Waals surface area contributed by atoms with Crippen LogP contribution in [0.4, 0.5) is 0 Å². The van der Waals surface area contributed by atoms with Gasteiger partial charge < -0.3 is 10.1 Å². The highest BCUT2D eigenvalue weighted by Gasteiger charge is 2.19. The molecule has 2 heterocycles. The highest BCUT2D eigenvalue weighted by atomic mass is 16.5. The molecule has 5 heteroatoms. The van der Waals surface area contributed by atoms with Crippen molar-refractivity contribution in [3.63, 3.8) is 0 Å². The third-order valence-electron chi connectivity index (χ3n) is 4.34. The number of carbonyl (C=O) groups is 1. The molecule has 1 amide bonds. The van der Waals surface area contributed by atoms with E-state index in [9.17, 15) is 4.79 Å². The zero-order chi connectivity index (χ0) is 18.5. The SMILES string of the molecule is CCc1ccc2nc(C)cc(C(=O)N[C@H](COC)c3ccccn3)c2c1. The standard InChI is InChI=1S/C21H23N3O2/c1-4-15-8-9-18-16(12-15)17(11-14(2)23-18)21(25)24-20(13-26-3)19-7-5-6-10-22-19/h5-12,20H,4,13H2,1-3H3,(H,24,25)/t20-/m1/s1. The molecule has 0 unspecified atom stereocenters. The number of fused-ring (bicyclic) bond motifs is 1. The first-order chi connectivity index (χ1) is 12.6. The fourth-order valence-corrected chi connectivity index (χ4v) is 3.00. The Hall–Kier alpha value is -2.79. The van der Waals surface area contributed by atoms with Crippen molar-refractivity contribution >= 4 is 16.8 Å². The van der Waals surface area contributed by atoms with Crippen molar-refractivity contribution in [2.45, 2.75) is 26.3 Å². The van der Waals surface area contributed by atoms with Gasteiger partial charge in [0, 0.05) is 24.4 Å². The summed E-state index contributed by atoms with van der Waals surface area (Å²) in [5.41, 5.74) is 4.21. The Morgan fingerprint density at radius 3 is 2.77 bits per heavy atom. The van der Waals surface area contributed by atoms with E-state index in [1.807, 2.05) is 43.3 Å². The normalized spacial score (nSPS) is 12.1. The van der Waals surface area contributed by atoms with Crippen LogP contribution in [0.15, 0.2) is 48.7 Å². The Morgan fingerprint density at radius 2 is 2.08 bits per heavy atom. The molecule has 0 saturated heterocycles. The molecule has 1 aromatic carbocycles. The second-order valence-electron chi connectivity index (χ2n) is 6.25. The minimum Gasteiger partial charge on any atom is -0.382 e. The van der Waals surface area contributed by atoms with E-state index in [2.05, 4.69) is 28.3 Å². The molecule has 134 valence electrons. The number of aromatic nitrogens is 2. The Balaban J connectivity index is 1.98. The summed E-state index contributed by atoms with van der Waals surface area (Å²) in [7, 11) is 1.61. The molecule has 0 aliphatic rings. The lowest BCUT2D eigenvalue weighted by Gasteiger charge is -2.18. The number of nitrogens with zero attached hydrogens (tertiary/aromatic N) is 2. The summed E-state index contributed by atoms with van der Waals surface area (Å²) in [4.78, 5) is 21.9. The van der Waals surface area contributed by atoms with E-state index in [-0.39, 0.29) is 11.9 Å². The van der Waals surface area contributed by atoms with Gasteiger partial charge in [-0.1, -0.05) is 19.1 Å². The molecule has 1 atom stereocenters. The number of amides is 1. The first-order valence-electron chi connectivity index (χ1n) is 8.73. The van der Waals surface area contributed by atoms with Gasteiger partial charge in [-0.2, -0.15) is 0 Å². The minimum atomic E-state index is -0.313. The molecule has 5 nitrogen and oxygen atoms in total. The van der Waals surface area contributed by atoms with E-state index in [0.29, 0.717) is 12.2 Å². The zero-order valence-electron chi connectivity index (χ0n) is 15.3. The Bertz CT molecular complexity index is 910. The number of benzene rings is 1. The minimum absolute atomic E-state index is 0.151. The summed E-state index contributed by atoms with van der Waals surface area (Å²) in [5, 5.41) is 3.92. The summed E-state index contributed by atoms with van der Waals surface area (Å²) in [6, 6.07) is 13.2. The summed E-state index contributed by atoms with van der Waals surface area (Å²) in [5.74, 6) is -0.151. The summed E-state index contributed by atoms with van der Waals surface area (Å²) >= 11 is 0. The van der Waals surface area contributed by atoms with Crippen molar-refractivity contribution in [3.8, 4) is 0 Å². The van der Waals surface area contributed by atoms with Gasteiger partial charge in [-0.05, 0) is 49.2 Å². The van der Waals surface area contributed by atoms with Crippen molar-refractivity contribution < 1.29 is 9.53 Å². The van der Waals surface area contributed by atoms with Gasteiger partial charge >= 0.3 is 0 Å². The maximum absolute atomic E-state index is 13.0. The van der Waals surface area contributed by atoms with E-state index in [4.69, 9.17) is 4.74 Å². The number of methoxy groups -OCH3 is 1. The molecule has 3 aromatic rings. The lowest BCUT2D eigenvalue weighted by atomic mass is 10.0. The third-order valence-corrected chi connectivity index (χ3v) is 4.34. The molecule has 0 saturated carbocycles. The van der Waals surface area contributed by atoms with Gasteiger partial charge in [-0.15, -0.1) is 0 Å². The quantitative estimate of drug-likeness (QED) is 0.738. The third kappa shape index (κ3) is 3.89. The van der Waals surface area contributed by atoms with Gasteiger partial charge in [-0.25, -0.2) is 0 Å². The van der Waals surface area contributed by atoms with Crippen molar-refractivity contribution in [3.05, 3.63) is 71.2 Å². The summed E-state index contributed by atoms with van der Waals surface area (Å²) in [6.45, 7) is 4.35. The zero-order valence-corrected chi connectivity index (χ0v) is 15.3. The van der Waals surface area contributed by atoms with Gasteiger partial charge in [0.25, 0.3) is 5.91 Å². The number of rotatable bonds is 6. The largest absolute Gasteiger partial charge is 0.382 e. The average molecular weight is 349 g/mol. The molecule has 0 spiro atoms. The first kappa shape index (κ1) is 18.0. The van der Waals surface area contributed by atoms with Crippen molar-refractivity contribution in [1.82, 2.24) is 15.3 Å². The lowest BCUT2D eigenvalue weighted by molar-refractivity contribution is 0.0896. The van der Waals surface area contributed by atoms with Crippen molar-refractivity contribution in [2.75, 3.05) is 13.7 Å². The van der Waals surface area contributed by atoms with Crippen LogP contribution in [0.5, 0.6) is 0 Å². The van der Waals surface area contributed by atoms with Gasteiger partial charge in [0.15, 0.2) is 0 Å². The van der Waals surface area contributed by atoms with E-state index >= 15 is 0 Å². The molecular formula is C21H23N3O2. The van der Waals surface area contributed by atoms with Crippen LogP contribution in [0, 0.1) is 6.92 Å². The monoisotopic (exact) mass is 349 g/mol. The van der Waals surface area contributed by atoms with Crippen LogP contribution in [0.25, 0.3) is 10.9 Å². The molecule has 0 aliphatic carbocycles.